The third kappa shape index (κ3) is 3.87. The van der Waals surface area contributed by atoms with E-state index in [-0.39, 0.29) is 12.5 Å². The summed E-state index contributed by atoms with van der Waals surface area (Å²) in [6.07, 6.45) is 7.62. The van der Waals surface area contributed by atoms with Gasteiger partial charge in [-0.3, -0.25) is 4.79 Å². The van der Waals surface area contributed by atoms with Crippen LogP contribution in [0.1, 0.15) is 51.4 Å². The third-order valence-electron chi connectivity index (χ3n) is 4.83. The van der Waals surface area contributed by atoms with Gasteiger partial charge in [0.15, 0.2) is 0 Å². The number of nitrogens with zero attached hydrogens (tertiary/aromatic N) is 2. The van der Waals surface area contributed by atoms with Crippen molar-refractivity contribution in [2.45, 2.75) is 57.4 Å². The molecule has 20 heavy (non-hydrogen) atoms. The maximum Gasteiger partial charge on any atom is 0.319 e. The summed E-state index contributed by atoms with van der Waals surface area (Å²) >= 11 is 0. The first-order valence-electron chi connectivity index (χ1n) is 7.81. The number of amides is 2. The van der Waals surface area contributed by atoms with Crippen LogP contribution in [0, 0.1) is 5.92 Å². The first-order valence-corrected chi connectivity index (χ1v) is 7.81. The van der Waals surface area contributed by atoms with E-state index in [0.29, 0.717) is 12.0 Å². The molecule has 2 fully saturated rings. The molecule has 0 unspecified atom stereocenters. The number of likely N-dealkylation sites (tertiary alicyclic amines) is 1. The van der Waals surface area contributed by atoms with Crippen LogP contribution in [0.2, 0.25) is 0 Å². The van der Waals surface area contributed by atoms with Gasteiger partial charge in [0.05, 0.1) is 0 Å². The van der Waals surface area contributed by atoms with Gasteiger partial charge >= 0.3 is 12.0 Å². The summed E-state index contributed by atoms with van der Waals surface area (Å²) in [6, 6.07) is 0.584. The van der Waals surface area contributed by atoms with Crippen molar-refractivity contribution in [2.24, 2.45) is 5.92 Å². The van der Waals surface area contributed by atoms with Gasteiger partial charge in [-0.25, -0.2) is 4.79 Å². The Hall–Kier alpha value is -1.26. The molecule has 5 heteroatoms. The zero-order chi connectivity index (χ0) is 14.5. The smallest absolute Gasteiger partial charge is 0.319 e. The fraction of sp³-hybridized carbons (Fsp3) is 0.867. The summed E-state index contributed by atoms with van der Waals surface area (Å²) in [5, 5.41) is 8.71. The molecule has 0 radical (unpaired) electrons. The number of hydrogen-bond acceptors (Lipinski definition) is 2. The molecule has 2 aliphatic rings. The lowest BCUT2D eigenvalue weighted by atomic mass is 9.92. The largest absolute Gasteiger partial charge is 0.481 e. The van der Waals surface area contributed by atoms with Crippen molar-refractivity contribution in [1.82, 2.24) is 9.80 Å². The van der Waals surface area contributed by atoms with Crippen LogP contribution in [0.3, 0.4) is 0 Å². The van der Waals surface area contributed by atoms with E-state index >= 15 is 0 Å². The molecule has 2 amide bonds. The monoisotopic (exact) mass is 282 g/mol. The molecule has 0 aromatic rings. The second kappa shape index (κ2) is 6.95. The normalized spacial score (nSPS) is 21.1. The van der Waals surface area contributed by atoms with E-state index in [0.717, 1.165) is 45.2 Å². The Morgan fingerprint density at radius 1 is 1.15 bits per heavy atom. The molecular formula is C15H26N2O3. The topological polar surface area (TPSA) is 60.9 Å². The van der Waals surface area contributed by atoms with E-state index < -0.39 is 5.97 Å². The predicted molar refractivity (Wildman–Crippen MR) is 76.6 cm³/mol. The molecule has 2 rings (SSSR count). The van der Waals surface area contributed by atoms with Crippen molar-refractivity contribution < 1.29 is 14.7 Å². The number of piperidine rings is 1. The summed E-state index contributed by atoms with van der Waals surface area (Å²) in [4.78, 5) is 26.9. The molecule has 0 bridgehead atoms. The van der Waals surface area contributed by atoms with Crippen molar-refractivity contribution in [3.63, 3.8) is 0 Å². The van der Waals surface area contributed by atoms with E-state index in [9.17, 15) is 9.59 Å². The van der Waals surface area contributed by atoms with Gasteiger partial charge in [0, 0.05) is 32.6 Å². The number of hydrogen-bond donors (Lipinski definition) is 1. The van der Waals surface area contributed by atoms with Gasteiger partial charge in [-0.15, -0.1) is 0 Å². The minimum atomic E-state index is -0.718. The number of carbonyl (C=O) groups excluding carboxylic acids is 1. The zero-order valence-electron chi connectivity index (χ0n) is 12.4. The Labute approximate surface area is 120 Å². The molecule has 1 aliphatic carbocycles. The highest BCUT2D eigenvalue weighted by molar-refractivity contribution is 5.74. The number of carboxylic acids is 1. The second-order valence-corrected chi connectivity index (χ2v) is 6.19. The van der Waals surface area contributed by atoms with Crippen LogP contribution in [0.25, 0.3) is 0 Å². The highest BCUT2D eigenvalue weighted by Gasteiger charge is 2.29. The van der Waals surface area contributed by atoms with Crippen molar-refractivity contribution in [3.05, 3.63) is 0 Å². The van der Waals surface area contributed by atoms with Crippen LogP contribution < -0.4 is 0 Å². The predicted octanol–water partition coefficient (Wildman–Crippen LogP) is 2.56. The lowest BCUT2D eigenvalue weighted by Gasteiger charge is -2.36. The van der Waals surface area contributed by atoms with E-state index in [1.807, 2.05) is 16.8 Å². The van der Waals surface area contributed by atoms with Crippen LogP contribution in [0.5, 0.6) is 0 Å². The molecule has 0 spiro atoms. The van der Waals surface area contributed by atoms with E-state index in [1.54, 1.807) is 0 Å². The summed E-state index contributed by atoms with van der Waals surface area (Å²) in [5.74, 6) is -0.253. The molecule has 5 nitrogen and oxygen atoms in total. The van der Waals surface area contributed by atoms with Gasteiger partial charge in [0.1, 0.15) is 0 Å². The van der Waals surface area contributed by atoms with Crippen LogP contribution in [-0.4, -0.2) is 53.1 Å². The standard InChI is InChI=1S/C15H26N2O3/c1-16(13-4-2-3-5-13)15(20)17-10-8-12(9-11-17)6-7-14(18)19/h12-13H,2-11H2,1H3,(H,18,19). The summed E-state index contributed by atoms with van der Waals surface area (Å²) in [7, 11) is 1.93. The third-order valence-corrected chi connectivity index (χ3v) is 4.83. The van der Waals surface area contributed by atoms with Gasteiger partial charge in [0.25, 0.3) is 0 Å². The minimum absolute atomic E-state index is 0.161. The summed E-state index contributed by atoms with van der Waals surface area (Å²) < 4.78 is 0. The van der Waals surface area contributed by atoms with Crippen molar-refractivity contribution in [1.29, 1.82) is 0 Å². The van der Waals surface area contributed by atoms with Gasteiger partial charge in [0.2, 0.25) is 0 Å². The first-order chi connectivity index (χ1) is 9.58. The van der Waals surface area contributed by atoms with Crippen molar-refractivity contribution >= 4 is 12.0 Å². The first kappa shape index (κ1) is 15.1. The summed E-state index contributed by atoms with van der Waals surface area (Å²) in [6.45, 7) is 1.56. The van der Waals surface area contributed by atoms with Gasteiger partial charge in [-0.05, 0) is 38.0 Å². The molecule has 114 valence electrons. The zero-order valence-corrected chi connectivity index (χ0v) is 12.4. The lowest BCUT2D eigenvalue weighted by molar-refractivity contribution is -0.137. The Kier molecular flexibility index (Phi) is 5.26. The van der Waals surface area contributed by atoms with Crippen molar-refractivity contribution in [3.8, 4) is 0 Å². The van der Waals surface area contributed by atoms with Gasteiger partial charge < -0.3 is 14.9 Å². The van der Waals surface area contributed by atoms with E-state index in [1.165, 1.54) is 12.8 Å². The quantitative estimate of drug-likeness (QED) is 0.862. The SMILES string of the molecule is CN(C(=O)N1CCC(CCC(=O)O)CC1)C1CCCC1. The molecule has 0 aromatic heterocycles. The van der Waals surface area contributed by atoms with Crippen LogP contribution >= 0.6 is 0 Å². The Morgan fingerprint density at radius 2 is 1.75 bits per heavy atom. The number of aliphatic carboxylic acids is 1. The number of carbonyl (C=O) groups is 2. The average molecular weight is 282 g/mol. The average Bonchev–Trinajstić information content (AvgIpc) is 2.98. The number of urea groups is 1. The molecular weight excluding hydrogens is 256 g/mol. The maximum absolute atomic E-state index is 12.4. The number of rotatable bonds is 4. The fourth-order valence-electron chi connectivity index (χ4n) is 3.41. The van der Waals surface area contributed by atoms with Crippen LogP contribution in [-0.2, 0) is 4.79 Å². The fourth-order valence-corrected chi connectivity index (χ4v) is 3.41. The van der Waals surface area contributed by atoms with Crippen LogP contribution in [0.4, 0.5) is 4.79 Å². The van der Waals surface area contributed by atoms with Gasteiger partial charge in [-0.2, -0.15) is 0 Å². The van der Waals surface area contributed by atoms with Crippen molar-refractivity contribution in [2.75, 3.05) is 20.1 Å². The highest BCUT2D eigenvalue weighted by atomic mass is 16.4. The number of carboxylic acid groups (broad SMARTS) is 1. The molecule has 1 saturated carbocycles. The van der Waals surface area contributed by atoms with E-state index in [4.69, 9.17) is 5.11 Å². The molecule has 0 aromatic carbocycles. The second-order valence-electron chi connectivity index (χ2n) is 6.19. The van der Waals surface area contributed by atoms with Gasteiger partial charge in [-0.1, -0.05) is 12.8 Å². The minimum Gasteiger partial charge on any atom is -0.481 e. The summed E-state index contributed by atoms with van der Waals surface area (Å²) in [5.41, 5.74) is 0. The molecule has 1 saturated heterocycles. The Balaban J connectivity index is 1.75. The van der Waals surface area contributed by atoms with E-state index in [2.05, 4.69) is 0 Å². The van der Waals surface area contributed by atoms with Crippen LogP contribution in [0.15, 0.2) is 0 Å². The molecule has 0 atom stereocenters. The maximum atomic E-state index is 12.4. The lowest BCUT2D eigenvalue weighted by Crippen LogP contribution is -2.48. The molecule has 1 N–H and O–H groups in total. The molecule has 1 aliphatic heterocycles. The Morgan fingerprint density at radius 3 is 2.30 bits per heavy atom. The Bertz CT molecular complexity index is 345. The molecule has 1 heterocycles. The highest BCUT2D eigenvalue weighted by Crippen LogP contribution is 2.26.